The second-order valence-corrected chi connectivity index (χ2v) is 9.07. The van der Waals surface area contributed by atoms with Crippen molar-refractivity contribution < 1.29 is 29.0 Å². The summed E-state index contributed by atoms with van der Waals surface area (Å²) in [6.45, 7) is 5.62. The van der Waals surface area contributed by atoms with Gasteiger partial charge in [-0.1, -0.05) is 54.6 Å². The van der Waals surface area contributed by atoms with Crippen molar-refractivity contribution in [3.63, 3.8) is 0 Å². The van der Waals surface area contributed by atoms with Crippen LogP contribution in [0.5, 0.6) is 5.75 Å². The molecule has 0 aliphatic heterocycles. The molecule has 0 radical (unpaired) electrons. The number of carboxylic acid groups (broad SMARTS) is 1. The second kappa shape index (κ2) is 11.3. The molecule has 7 heteroatoms. The number of hydrogen-bond donors (Lipinski definition) is 2. The summed E-state index contributed by atoms with van der Waals surface area (Å²) in [6, 6.07) is 21.8. The molecule has 35 heavy (non-hydrogen) atoms. The highest BCUT2D eigenvalue weighted by Gasteiger charge is 2.26. The molecule has 0 heterocycles. The summed E-state index contributed by atoms with van der Waals surface area (Å²) in [6.07, 6.45) is -0.540. The number of carbonyl (C=O) groups is 3. The number of amides is 1. The van der Waals surface area contributed by atoms with Crippen LogP contribution >= 0.6 is 0 Å². The summed E-state index contributed by atoms with van der Waals surface area (Å²) < 4.78 is 11.1. The molecule has 0 bridgehead atoms. The van der Waals surface area contributed by atoms with E-state index in [1.807, 2.05) is 42.5 Å². The van der Waals surface area contributed by atoms with Crippen molar-refractivity contribution in [3.8, 4) is 5.75 Å². The van der Waals surface area contributed by atoms with E-state index in [0.29, 0.717) is 12.4 Å². The highest BCUT2D eigenvalue weighted by molar-refractivity contribution is 6.03. The number of rotatable bonds is 9. The molecule has 0 spiro atoms. The molecule has 0 aromatic heterocycles. The van der Waals surface area contributed by atoms with Gasteiger partial charge < -0.3 is 19.9 Å². The number of benzene rings is 3. The molecule has 0 fully saturated rings. The molecule has 0 saturated heterocycles. The molecule has 1 amide bonds. The molecule has 0 saturated carbocycles. The third-order valence-corrected chi connectivity index (χ3v) is 5.01. The predicted octanol–water partition coefficient (Wildman–Crippen LogP) is 5.28. The number of hydrogen-bond acceptors (Lipinski definition) is 5. The Hall–Kier alpha value is -4.13. The van der Waals surface area contributed by atoms with Crippen molar-refractivity contribution >= 4 is 17.8 Å². The maximum Gasteiger partial charge on any atom is 0.408 e. The van der Waals surface area contributed by atoms with Crippen molar-refractivity contribution in [2.45, 2.75) is 45.4 Å². The Bertz CT molecular complexity index is 1170. The Kier molecular flexibility index (Phi) is 8.25. The Balaban J connectivity index is 1.75. The normalized spacial score (nSPS) is 11.9. The van der Waals surface area contributed by atoms with Crippen LogP contribution in [0.25, 0.3) is 0 Å². The van der Waals surface area contributed by atoms with E-state index in [1.54, 1.807) is 32.9 Å². The van der Waals surface area contributed by atoms with Crippen LogP contribution < -0.4 is 10.1 Å². The number of carboxylic acids is 1. The van der Waals surface area contributed by atoms with Gasteiger partial charge in [-0.2, -0.15) is 0 Å². The van der Waals surface area contributed by atoms with Crippen LogP contribution in [-0.2, 0) is 17.8 Å². The standard InChI is InChI=1S/C28H29NO6/c1-28(2,3)35-27(33)29-24(25(30)21-10-7-11-22(17-21)26(31)32)16-19-12-14-23(15-13-19)34-18-20-8-5-4-6-9-20/h4-15,17,24H,16,18H2,1-3H3,(H,29,33)(H,31,32)/t24-/m0/s1. The summed E-state index contributed by atoms with van der Waals surface area (Å²) in [5, 5.41) is 11.9. The van der Waals surface area contributed by atoms with Gasteiger partial charge in [-0.25, -0.2) is 9.59 Å². The van der Waals surface area contributed by atoms with Gasteiger partial charge >= 0.3 is 12.1 Å². The first-order valence-electron chi connectivity index (χ1n) is 11.2. The molecule has 3 aromatic carbocycles. The van der Waals surface area contributed by atoms with Crippen molar-refractivity contribution in [2.75, 3.05) is 0 Å². The van der Waals surface area contributed by atoms with E-state index in [1.165, 1.54) is 24.3 Å². The van der Waals surface area contributed by atoms with Gasteiger partial charge in [0.25, 0.3) is 0 Å². The maximum absolute atomic E-state index is 13.3. The average molecular weight is 476 g/mol. The number of ketones is 1. The highest BCUT2D eigenvalue weighted by atomic mass is 16.6. The van der Waals surface area contributed by atoms with Crippen LogP contribution in [0.2, 0.25) is 0 Å². The maximum atomic E-state index is 13.3. The van der Waals surface area contributed by atoms with Gasteiger partial charge in [-0.15, -0.1) is 0 Å². The molecule has 1 atom stereocenters. The molecule has 0 aliphatic rings. The lowest BCUT2D eigenvalue weighted by Crippen LogP contribution is -2.44. The van der Waals surface area contributed by atoms with Gasteiger partial charge in [0.1, 0.15) is 18.0 Å². The van der Waals surface area contributed by atoms with E-state index in [4.69, 9.17) is 9.47 Å². The van der Waals surface area contributed by atoms with Crippen LogP contribution in [0.4, 0.5) is 4.79 Å². The third kappa shape index (κ3) is 7.99. The molecule has 0 unspecified atom stereocenters. The minimum absolute atomic E-state index is 0.00761. The molecule has 7 nitrogen and oxygen atoms in total. The number of nitrogens with one attached hydrogen (secondary N) is 1. The SMILES string of the molecule is CC(C)(C)OC(=O)N[C@@H](Cc1ccc(OCc2ccccc2)cc1)C(=O)c1cccc(C(=O)O)c1. The fourth-order valence-electron chi connectivity index (χ4n) is 3.36. The smallest absolute Gasteiger partial charge is 0.408 e. The number of carbonyl (C=O) groups excluding carboxylic acids is 2. The summed E-state index contributed by atoms with van der Waals surface area (Å²) in [7, 11) is 0. The Morgan fingerprint density at radius 1 is 0.857 bits per heavy atom. The largest absolute Gasteiger partial charge is 0.489 e. The van der Waals surface area contributed by atoms with E-state index >= 15 is 0 Å². The number of ether oxygens (including phenoxy) is 2. The Labute approximate surface area is 204 Å². The fraction of sp³-hybridized carbons (Fsp3) is 0.250. The Morgan fingerprint density at radius 3 is 2.14 bits per heavy atom. The Morgan fingerprint density at radius 2 is 1.51 bits per heavy atom. The van der Waals surface area contributed by atoms with E-state index in [-0.39, 0.29) is 17.5 Å². The number of alkyl carbamates (subject to hydrolysis) is 1. The van der Waals surface area contributed by atoms with E-state index in [9.17, 15) is 19.5 Å². The summed E-state index contributed by atoms with van der Waals surface area (Å²) in [4.78, 5) is 37.0. The van der Waals surface area contributed by atoms with Gasteiger partial charge in [-0.3, -0.25) is 4.79 Å². The topological polar surface area (TPSA) is 102 Å². The van der Waals surface area contributed by atoms with Gasteiger partial charge in [0.2, 0.25) is 0 Å². The van der Waals surface area contributed by atoms with Crippen molar-refractivity contribution in [2.24, 2.45) is 0 Å². The lowest BCUT2D eigenvalue weighted by atomic mass is 9.96. The van der Waals surface area contributed by atoms with Crippen LogP contribution in [0.15, 0.2) is 78.9 Å². The van der Waals surface area contributed by atoms with Crippen LogP contribution in [-0.4, -0.2) is 34.6 Å². The van der Waals surface area contributed by atoms with Crippen molar-refractivity contribution in [1.82, 2.24) is 5.32 Å². The molecule has 3 rings (SSSR count). The molecule has 2 N–H and O–H groups in total. The van der Waals surface area contributed by atoms with Crippen molar-refractivity contribution in [3.05, 3.63) is 101 Å². The zero-order chi connectivity index (χ0) is 25.4. The first-order valence-corrected chi connectivity index (χ1v) is 11.2. The number of aromatic carboxylic acids is 1. The highest BCUT2D eigenvalue weighted by Crippen LogP contribution is 2.18. The second-order valence-electron chi connectivity index (χ2n) is 9.07. The van der Waals surface area contributed by atoms with Gasteiger partial charge in [0, 0.05) is 12.0 Å². The van der Waals surface area contributed by atoms with Gasteiger partial charge in [0.05, 0.1) is 11.6 Å². The lowest BCUT2D eigenvalue weighted by molar-refractivity contribution is 0.0491. The summed E-state index contributed by atoms with van der Waals surface area (Å²) in [5.41, 5.74) is 1.28. The zero-order valence-electron chi connectivity index (χ0n) is 20.0. The lowest BCUT2D eigenvalue weighted by Gasteiger charge is -2.23. The predicted molar refractivity (Wildman–Crippen MR) is 132 cm³/mol. The van der Waals surface area contributed by atoms with Crippen molar-refractivity contribution in [1.29, 1.82) is 0 Å². The molecule has 3 aromatic rings. The quantitative estimate of drug-likeness (QED) is 0.408. The van der Waals surface area contributed by atoms with Gasteiger partial charge in [-0.05, 0) is 56.2 Å². The number of Topliss-reactive ketones (excluding diaryl/α,β-unsaturated/α-hetero) is 1. The van der Waals surface area contributed by atoms with Crippen LogP contribution in [0.3, 0.4) is 0 Å². The first-order chi connectivity index (χ1) is 16.6. The minimum Gasteiger partial charge on any atom is -0.489 e. The molecule has 0 aliphatic carbocycles. The third-order valence-electron chi connectivity index (χ3n) is 5.01. The summed E-state index contributed by atoms with van der Waals surface area (Å²) >= 11 is 0. The summed E-state index contributed by atoms with van der Waals surface area (Å²) in [5.74, 6) is -0.875. The van der Waals surface area contributed by atoms with E-state index in [2.05, 4.69) is 5.32 Å². The first kappa shape index (κ1) is 25.5. The zero-order valence-corrected chi connectivity index (χ0v) is 20.0. The molecule has 182 valence electrons. The van der Waals surface area contributed by atoms with E-state index < -0.39 is 29.5 Å². The monoisotopic (exact) mass is 475 g/mol. The minimum atomic E-state index is -1.14. The average Bonchev–Trinajstić information content (AvgIpc) is 2.82. The van der Waals surface area contributed by atoms with E-state index in [0.717, 1.165) is 11.1 Å². The molecular weight excluding hydrogens is 446 g/mol. The van der Waals surface area contributed by atoms with Gasteiger partial charge in [0.15, 0.2) is 5.78 Å². The van der Waals surface area contributed by atoms with Crippen LogP contribution in [0, 0.1) is 0 Å². The fourth-order valence-corrected chi connectivity index (χ4v) is 3.36. The van der Waals surface area contributed by atoms with Crippen LogP contribution in [0.1, 0.15) is 52.6 Å². The molecular formula is C28H29NO6.